The molecule has 0 saturated carbocycles. The van der Waals surface area contributed by atoms with Gasteiger partial charge in [-0.1, -0.05) is 17.7 Å². The molecule has 1 aliphatic rings. The van der Waals surface area contributed by atoms with Crippen molar-refractivity contribution >= 4 is 33.4 Å². The number of ether oxygens (including phenoxy) is 2. The molecule has 2 aromatic carbocycles. The zero-order valence-corrected chi connectivity index (χ0v) is 17.9. The molecule has 0 bridgehead atoms. The molecule has 1 atom stereocenters. The summed E-state index contributed by atoms with van der Waals surface area (Å²) in [5.74, 6) is 1.12. The molecule has 0 saturated heterocycles. The summed E-state index contributed by atoms with van der Waals surface area (Å²) in [6, 6.07) is 10.9. The SMILES string of the molecule is CSCCC(NS(=O)(=O)c1ccc2c(c1)OCCO2)C(=O)Nc1ccc(C)cc1. The highest BCUT2D eigenvalue weighted by molar-refractivity contribution is 7.98. The Kier molecular flexibility index (Phi) is 7.05. The number of fused-ring (bicyclic) bond motifs is 1. The standard InChI is InChI=1S/C20H24N2O5S2/c1-14-3-5-15(6-4-14)21-20(23)17(9-12-28-2)22-29(24,25)16-7-8-18-19(13-16)27-11-10-26-18/h3-8,13,17,22H,9-12H2,1-2H3,(H,21,23). The molecule has 0 spiro atoms. The maximum atomic E-state index is 12.9. The Labute approximate surface area is 175 Å². The quantitative estimate of drug-likeness (QED) is 0.661. The summed E-state index contributed by atoms with van der Waals surface area (Å²) in [4.78, 5) is 12.8. The van der Waals surface area contributed by atoms with Crippen LogP contribution in [-0.4, -0.2) is 45.6 Å². The lowest BCUT2D eigenvalue weighted by atomic mass is 10.2. The van der Waals surface area contributed by atoms with Gasteiger partial charge in [-0.3, -0.25) is 4.79 Å². The topological polar surface area (TPSA) is 93.7 Å². The molecule has 156 valence electrons. The lowest BCUT2D eigenvalue weighted by Gasteiger charge is -2.21. The third-order valence-corrected chi connectivity index (χ3v) is 6.48. The Hall–Kier alpha value is -2.23. The van der Waals surface area contributed by atoms with Gasteiger partial charge in [-0.2, -0.15) is 16.5 Å². The van der Waals surface area contributed by atoms with E-state index in [1.165, 1.54) is 12.1 Å². The highest BCUT2D eigenvalue weighted by Crippen LogP contribution is 2.32. The lowest BCUT2D eigenvalue weighted by molar-refractivity contribution is -0.117. The van der Waals surface area contributed by atoms with Crippen LogP contribution in [0.3, 0.4) is 0 Å². The van der Waals surface area contributed by atoms with Gasteiger partial charge in [0.15, 0.2) is 11.5 Å². The molecule has 1 heterocycles. The molecule has 2 N–H and O–H groups in total. The first kappa shape index (κ1) is 21.5. The van der Waals surface area contributed by atoms with Gasteiger partial charge in [-0.25, -0.2) is 8.42 Å². The summed E-state index contributed by atoms with van der Waals surface area (Å²) in [6.45, 7) is 2.74. The average Bonchev–Trinajstić information content (AvgIpc) is 2.72. The number of hydrogen-bond donors (Lipinski definition) is 2. The van der Waals surface area contributed by atoms with Crippen LogP contribution < -0.4 is 19.5 Å². The Morgan fingerprint density at radius 3 is 2.48 bits per heavy atom. The van der Waals surface area contributed by atoms with E-state index in [0.717, 1.165) is 5.56 Å². The van der Waals surface area contributed by atoms with Crippen LogP contribution in [0.15, 0.2) is 47.4 Å². The van der Waals surface area contributed by atoms with Crippen molar-refractivity contribution in [1.82, 2.24) is 4.72 Å². The molecule has 9 heteroatoms. The molecule has 0 aliphatic carbocycles. The third-order valence-electron chi connectivity index (χ3n) is 4.37. The van der Waals surface area contributed by atoms with Gasteiger partial charge in [0.2, 0.25) is 15.9 Å². The number of aryl methyl sites for hydroxylation is 1. The van der Waals surface area contributed by atoms with E-state index in [-0.39, 0.29) is 4.90 Å². The Bertz CT molecular complexity index is 961. The molecule has 0 aromatic heterocycles. The van der Waals surface area contributed by atoms with E-state index in [9.17, 15) is 13.2 Å². The summed E-state index contributed by atoms with van der Waals surface area (Å²) < 4.78 is 39.2. The van der Waals surface area contributed by atoms with Gasteiger partial charge in [0.25, 0.3) is 0 Å². The fourth-order valence-corrected chi connectivity index (χ4v) is 4.51. The minimum Gasteiger partial charge on any atom is -0.486 e. The number of rotatable bonds is 8. The van der Waals surface area contributed by atoms with Gasteiger partial charge in [0, 0.05) is 11.8 Å². The number of thioether (sulfide) groups is 1. The minimum atomic E-state index is -3.92. The zero-order valence-electron chi connectivity index (χ0n) is 16.3. The van der Waals surface area contributed by atoms with Crippen LogP contribution in [0.25, 0.3) is 0 Å². The summed E-state index contributed by atoms with van der Waals surface area (Å²) >= 11 is 1.54. The minimum absolute atomic E-state index is 0.0269. The molecule has 2 aromatic rings. The first-order valence-corrected chi connectivity index (χ1v) is 12.1. The molecule has 0 radical (unpaired) electrons. The summed E-state index contributed by atoms with van der Waals surface area (Å²) in [5, 5.41) is 2.78. The Balaban J connectivity index is 1.77. The molecule has 0 fully saturated rings. The van der Waals surface area contributed by atoms with E-state index >= 15 is 0 Å². The van der Waals surface area contributed by atoms with Gasteiger partial charge >= 0.3 is 0 Å². The fourth-order valence-electron chi connectivity index (χ4n) is 2.79. The van der Waals surface area contributed by atoms with Gasteiger partial charge in [0.05, 0.1) is 4.90 Å². The largest absolute Gasteiger partial charge is 0.486 e. The smallest absolute Gasteiger partial charge is 0.242 e. The predicted octanol–water partition coefficient (Wildman–Crippen LogP) is 2.80. The first-order valence-electron chi connectivity index (χ1n) is 9.17. The number of amides is 1. The van der Waals surface area contributed by atoms with Crippen LogP contribution >= 0.6 is 11.8 Å². The number of sulfonamides is 1. The van der Waals surface area contributed by atoms with Crippen molar-refractivity contribution in [3.05, 3.63) is 48.0 Å². The lowest BCUT2D eigenvalue weighted by Crippen LogP contribution is -2.44. The predicted molar refractivity (Wildman–Crippen MR) is 114 cm³/mol. The molecule has 7 nitrogen and oxygen atoms in total. The highest BCUT2D eigenvalue weighted by Gasteiger charge is 2.27. The number of nitrogens with one attached hydrogen (secondary N) is 2. The number of anilines is 1. The number of carbonyl (C=O) groups is 1. The van der Waals surface area contributed by atoms with E-state index in [1.54, 1.807) is 30.0 Å². The third kappa shape index (κ3) is 5.65. The average molecular weight is 437 g/mol. The van der Waals surface area contributed by atoms with Crippen LogP contribution in [-0.2, 0) is 14.8 Å². The second-order valence-corrected chi connectivity index (χ2v) is 9.32. The molecule has 1 unspecified atom stereocenters. The number of carbonyl (C=O) groups excluding carboxylic acids is 1. The molecular weight excluding hydrogens is 412 g/mol. The van der Waals surface area contributed by atoms with Gasteiger partial charge in [-0.05, 0) is 49.6 Å². The maximum Gasteiger partial charge on any atom is 0.242 e. The van der Waals surface area contributed by atoms with Gasteiger partial charge in [-0.15, -0.1) is 0 Å². The van der Waals surface area contributed by atoms with Crippen molar-refractivity contribution in [1.29, 1.82) is 0 Å². The van der Waals surface area contributed by atoms with E-state index in [0.29, 0.717) is 42.6 Å². The molecular formula is C20H24N2O5S2. The molecule has 1 amide bonds. The summed E-state index contributed by atoms with van der Waals surface area (Å²) in [5.41, 5.74) is 1.69. The van der Waals surface area contributed by atoms with Gasteiger partial charge in [0.1, 0.15) is 19.3 Å². The molecule has 29 heavy (non-hydrogen) atoms. The molecule has 1 aliphatic heterocycles. The van der Waals surface area contributed by atoms with Crippen LogP contribution in [0.2, 0.25) is 0 Å². The normalized spacial score (nSPS) is 14.3. The number of hydrogen-bond acceptors (Lipinski definition) is 6. The Morgan fingerprint density at radius 1 is 1.10 bits per heavy atom. The van der Waals surface area contributed by atoms with E-state index in [2.05, 4.69) is 10.0 Å². The van der Waals surface area contributed by atoms with Crippen molar-refractivity contribution in [3.63, 3.8) is 0 Å². The van der Waals surface area contributed by atoms with Crippen molar-refractivity contribution in [2.24, 2.45) is 0 Å². The monoisotopic (exact) mass is 436 g/mol. The fraction of sp³-hybridized carbons (Fsp3) is 0.350. The van der Waals surface area contributed by atoms with Crippen molar-refractivity contribution in [2.45, 2.75) is 24.3 Å². The van der Waals surface area contributed by atoms with Crippen LogP contribution in [0.4, 0.5) is 5.69 Å². The van der Waals surface area contributed by atoms with E-state index < -0.39 is 22.0 Å². The summed E-state index contributed by atoms with van der Waals surface area (Å²) in [6.07, 6.45) is 2.27. The molecule has 3 rings (SSSR count). The first-order chi connectivity index (χ1) is 13.9. The number of benzene rings is 2. The second-order valence-electron chi connectivity index (χ2n) is 6.62. The maximum absolute atomic E-state index is 12.9. The van der Waals surface area contributed by atoms with Crippen LogP contribution in [0, 0.1) is 6.92 Å². The van der Waals surface area contributed by atoms with Crippen molar-refractivity contribution < 1.29 is 22.7 Å². The summed E-state index contributed by atoms with van der Waals surface area (Å²) in [7, 11) is -3.92. The van der Waals surface area contributed by atoms with Crippen molar-refractivity contribution in [2.75, 3.05) is 30.5 Å². The van der Waals surface area contributed by atoms with Crippen LogP contribution in [0.1, 0.15) is 12.0 Å². The van der Waals surface area contributed by atoms with E-state index in [1.807, 2.05) is 25.3 Å². The highest BCUT2D eigenvalue weighted by atomic mass is 32.2. The Morgan fingerprint density at radius 2 is 1.79 bits per heavy atom. The van der Waals surface area contributed by atoms with E-state index in [4.69, 9.17) is 9.47 Å². The van der Waals surface area contributed by atoms with Gasteiger partial charge < -0.3 is 14.8 Å². The van der Waals surface area contributed by atoms with Crippen molar-refractivity contribution in [3.8, 4) is 11.5 Å². The second kappa shape index (κ2) is 9.51. The zero-order chi connectivity index (χ0) is 20.9. The van der Waals surface area contributed by atoms with Crippen LogP contribution in [0.5, 0.6) is 11.5 Å².